The van der Waals surface area contributed by atoms with Gasteiger partial charge < -0.3 is 14.2 Å². The predicted octanol–water partition coefficient (Wildman–Crippen LogP) is 4.93. The summed E-state index contributed by atoms with van der Waals surface area (Å²) in [4.78, 5) is 36.3. The van der Waals surface area contributed by atoms with Crippen LogP contribution < -0.4 is 0 Å². The van der Waals surface area contributed by atoms with Crippen molar-refractivity contribution in [2.75, 3.05) is 7.11 Å². The summed E-state index contributed by atoms with van der Waals surface area (Å²) in [6, 6.07) is 0. The quantitative estimate of drug-likeness (QED) is 0.435. The van der Waals surface area contributed by atoms with E-state index in [1.165, 1.54) is 27.4 Å². The SMILES string of the molecule is COC(=O)[C@@H](C)C1CCC2C3CCC4C[C@H](OC(C)=O)CCC4(C)C3C[C@H](OC(C)=O)C21C. The van der Waals surface area contributed by atoms with Crippen LogP contribution in [-0.4, -0.2) is 37.2 Å². The number of rotatable bonds is 4. The maximum absolute atomic E-state index is 12.5. The third kappa shape index (κ3) is 3.99. The van der Waals surface area contributed by atoms with Crippen molar-refractivity contribution in [1.29, 1.82) is 0 Å². The van der Waals surface area contributed by atoms with Gasteiger partial charge >= 0.3 is 17.9 Å². The maximum Gasteiger partial charge on any atom is 0.308 e. The summed E-state index contributed by atoms with van der Waals surface area (Å²) >= 11 is 0. The lowest BCUT2D eigenvalue weighted by Crippen LogP contribution is -2.60. The van der Waals surface area contributed by atoms with Gasteiger partial charge in [0.1, 0.15) is 12.2 Å². The fourth-order valence-corrected chi connectivity index (χ4v) is 9.08. The van der Waals surface area contributed by atoms with Gasteiger partial charge in [-0.25, -0.2) is 0 Å². The van der Waals surface area contributed by atoms with E-state index in [0.717, 1.165) is 44.9 Å². The first-order valence-corrected chi connectivity index (χ1v) is 12.9. The summed E-state index contributed by atoms with van der Waals surface area (Å²) in [7, 11) is 1.46. The largest absolute Gasteiger partial charge is 0.469 e. The number of fused-ring (bicyclic) bond motifs is 5. The zero-order chi connectivity index (χ0) is 24.1. The lowest BCUT2D eigenvalue weighted by molar-refractivity contribution is -0.198. The molecule has 0 N–H and O–H groups in total. The molecule has 0 aromatic carbocycles. The van der Waals surface area contributed by atoms with E-state index in [1.54, 1.807) is 0 Å². The molecule has 0 radical (unpaired) electrons. The van der Waals surface area contributed by atoms with Gasteiger partial charge in [0.25, 0.3) is 0 Å². The summed E-state index contributed by atoms with van der Waals surface area (Å²) in [5, 5.41) is 0. The molecule has 0 spiro atoms. The van der Waals surface area contributed by atoms with Gasteiger partial charge in [0.2, 0.25) is 0 Å². The molecular formula is C27H42O6. The Balaban J connectivity index is 1.64. The number of hydrogen-bond acceptors (Lipinski definition) is 6. The number of hydrogen-bond donors (Lipinski definition) is 0. The minimum absolute atomic E-state index is 0.0343. The van der Waals surface area contributed by atoms with Crippen molar-refractivity contribution in [3.63, 3.8) is 0 Å². The zero-order valence-corrected chi connectivity index (χ0v) is 21.2. The van der Waals surface area contributed by atoms with Crippen molar-refractivity contribution in [2.45, 2.75) is 98.2 Å². The minimum Gasteiger partial charge on any atom is -0.469 e. The van der Waals surface area contributed by atoms with E-state index in [0.29, 0.717) is 23.7 Å². The van der Waals surface area contributed by atoms with Crippen LogP contribution in [0.3, 0.4) is 0 Å². The number of ether oxygens (including phenoxy) is 3. The highest BCUT2D eigenvalue weighted by Crippen LogP contribution is 2.68. The molecule has 0 aliphatic heterocycles. The summed E-state index contributed by atoms with van der Waals surface area (Å²) < 4.78 is 16.8. The number of methoxy groups -OCH3 is 1. The number of esters is 3. The average molecular weight is 463 g/mol. The van der Waals surface area contributed by atoms with Crippen LogP contribution in [0.25, 0.3) is 0 Å². The third-order valence-corrected chi connectivity index (χ3v) is 10.6. The zero-order valence-electron chi connectivity index (χ0n) is 21.2. The van der Waals surface area contributed by atoms with Crippen molar-refractivity contribution < 1.29 is 28.6 Å². The Bertz CT molecular complexity index is 793. The van der Waals surface area contributed by atoms with E-state index >= 15 is 0 Å². The molecule has 186 valence electrons. The van der Waals surface area contributed by atoms with E-state index in [4.69, 9.17) is 14.2 Å². The van der Waals surface area contributed by atoms with Crippen molar-refractivity contribution in [3.8, 4) is 0 Å². The molecule has 4 saturated carbocycles. The van der Waals surface area contributed by atoms with E-state index in [1.807, 2.05) is 6.92 Å². The minimum atomic E-state index is -0.231. The van der Waals surface area contributed by atoms with Gasteiger partial charge in [-0.15, -0.1) is 0 Å². The molecule has 0 amide bonds. The number of carbonyl (C=O) groups is 3. The van der Waals surface area contributed by atoms with E-state index in [2.05, 4.69) is 13.8 Å². The van der Waals surface area contributed by atoms with Crippen molar-refractivity contribution in [2.24, 2.45) is 46.3 Å². The van der Waals surface area contributed by atoms with Gasteiger partial charge in [0.05, 0.1) is 13.0 Å². The summed E-state index contributed by atoms with van der Waals surface area (Å²) in [5.74, 6) is 1.43. The number of carbonyl (C=O) groups excluding carboxylic acids is 3. The lowest BCUT2D eigenvalue weighted by Gasteiger charge is -2.62. The molecule has 7 unspecified atom stereocenters. The second-order valence-corrected chi connectivity index (χ2v) is 11.9. The van der Waals surface area contributed by atoms with Crippen LogP contribution in [-0.2, 0) is 28.6 Å². The smallest absolute Gasteiger partial charge is 0.308 e. The van der Waals surface area contributed by atoms with Crippen LogP contribution in [0, 0.1) is 46.3 Å². The molecular weight excluding hydrogens is 420 g/mol. The van der Waals surface area contributed by atoms with Gasteiger partial charge in [0, 0.05) is 19.3 Å². The van der Waals surface area contributed by atoms with Crippen molar-refractivity contribution >= 4 is 17.9 Å². The fraction of sp³-hybridized carbons (Fsp3) is 0.889. The summed E-state index contributed by atoms with van der Waals surface area (Å²) in [5.41, 5.74) is -0.0378. The Morgan fingerprint density at radius 2 is 1.58 bits per heavy atom. The van der Waals surface area contributed by atoms with Crippen LogP contribution in [0.5, 0.6) is 0 Å². The Morgan fingerprint density at radius 3 is 2.21 bits per heavy atom. The highest BCUT2D eigenvalue weighted by Gasteiger charge is 2.65. The Morgan fingerprint density at radius 1 is 0.879 bits per heavy atom. The Kier molecular flexibility index (Phi) is 6.60. The van der Waals surface area contributed by atoms with Crippen LogP contribution in [0.4, 0.5) is 0 Å². The van der Waals surface area contributed by atoms with Crippen LogP contribution in [0.2, 0.25) is 0 Å². The van der Waals surface area contributed by atoms with Gasteiger partial charge in [0.15, 0.2) is 0 Å². The van der Waals surface area contributed by atoms with E-state index < -0.39 is 0 Å². The molecule has 4 aliphatic carbocycles. The molecule has 0 heterocycles. The fourth-order valence-electron chi connectivity index (χ4n) is 9.08. The van der Waals surface area contributed by atoms with Gasteiger partial charge in [-0.1, -0.05) is 20.8 Å². The Hall–Kier alpha value is -1.59. The van der Waals surface area contributed by atoms with Crippen molar-refractivity contribution in [3.05, 3.63) is 0 Å². The normalized spacial score (nSPS) is 45.1. The topological polar surface area (TPSA) is 78.9 Å². The molecule has 0 aromatic rings. The molecule has 6 nitrogen and oxygen atoms in total. The maximum atomic E-state index is 12.5. The Labute approximate surface area is 198 Å². The molecule has 0 bridgehead atoms. The molecule has 4 aliphatic rings. The van der Waals surface area contributed by atoms with Crippen LogP contribution >= 0.6 is 0 Å². The van der Waals surface area contributed by atoms with Gasteiger partial charge in [-0.05, 0) is 86.4 Å². The van der Waals surface area contributed by atoms with Crippen LogP contribution in [0.15, 0.2) is 0 Å². The lowest BCUT2D eigenvalue weighted by atomic mass is 9.43. The standard InChI is InChI=1S/C27H42O6/c1-15(25(30)31-6)21-9-10-22-20-8-7-18-13-19(32-16(2)28)11-12-26(18,4)23(20)14-24(27(21,22)5)33-17(3)29/h15,18-24H,7-14H2,1-6H3/t15-,18?,19+,20?,21?,22?,23?,24-,26?,27?/m0/s1. The van der Waals surface area contributed by atoms with E-state index in [9.17, 15) is 14.4 Å². The summed E-state index contributed by atoms with van der Waals surface area (Å²) in [6.45, 7) is 9.71. The molecule has 33 heavy (non-hydrogen) atoms. The molecule has 0 aromatic heterocycles. The molecule has 10 atom stereocenters. The molecule has 4 fully saturated rings. The highest BCUT2D eigenvalue weighted by atomic mass is 16.5. The molecule has 4 rings (SSSR count). The van der Waals surface area contributed by atoms with Crippen LogP contribution in [0.1, 0.15) is 86.0 Å². The second kappa shape index (κ2) is 8.88. The third-order valence-electron chi connectivity index (χ3n) is 10.6. The molecule has 0 saturated heterocycles. The monoisotopic (exact) mass is 462 g/mol. The average Bonchev–Trinajstić information content (AvgIpc) is 3.11. The summed E-state index contributed by atoms with van der Waals surface area (Å²) in [6.07, 6.45) is 8.03. The molecule has 6 heteroatoms. The first-order chi connectivity index (χ1) is 15.5. The van der Waals surface area contributed by atoms with Gasteiger partial charge in [-0.3, -0.25) is 14.4 Å². The second-order valence-electron chi connectivity index (χ2n) is 11.9. The first kappa shape index (κ1) is 24.5. The predicted molar refractivity (Wildman–Crippen MR) is 123 cm³/mol. The van der Waals surface area contributed by atoms with E-state index in [-0.39, 0.29) is 52.8 Å². The first-order valence-electron chi connectivity index (χ1n) is 12.9. The van der Waals surface area contributed by atoms with Crippen molar-refractivity contribution in [1.82, 2.24) is 0 Å². The van der Waals surface area contributed by atoms with Gasteiger partial charge in [-0.2, -0.15) is 0 Å². The highest BCUT2D eigenvalue weighted by molar-refractivity contribution is 5.72.